The molecule has 2 heterocycles. The van der Waals surface area contributed by atoms with Crippen molar-refractivity contribution in [2.75, 3.05) is 20.2 Å². The zero-order valence-corrected chi connectivity index (χ0v) is 17.3. The Bertz CT molecular complexity index is 945. The molecule has 1 aromatic heterocycles. The lowest BCUT2D eigenvalue weighted by molar-refractivity contribution is -0.386. The number of nitrogens with zero attached hydrogens (tertiary/aromatic N) is 4. The molecule has 0 radical (unpaired) electrons. The molecule has 1 fully saturated rings. The summed E-state index contributed by atoms with van der Waals surface area (Å²) in [6.07, 6.45) is 1.01. The van der Waals surface area contributed by atoms with Crippen LogP contribution in [-0.4, -0.2) is 57.8 Å². The summed E-state index contributed by atoms with van der Waals surface area (Å²) in [5.41, 5.74) is 2.33. The van der Waals surface area contributed by atoms with Crippen molar-refractivity contribution in [3.8, 4) is 0 Å². The highest BCUT2D eigenvalue weighted by Crippen LogP contribution is 2.22. The molecule has 0 saturated carbocycles. The summed E-state index contributed by atoms with van der Waals surface area (Å²) in [4.78, 5) is 36.4. The van der Waals surface area contributed by atoms with Gasteiger partial charge in [-0.15, -0.1) is 0 Å². The molecular weight excluding hydrogens is 390 g/mol. The van der Waals surface area contributed by atoms with Gasteiger partial charge in [-0.05, 0) is 44.4 Å². The van der Waals surface area contributed by atoms with Crippen LogP contribution < -0.4 is 5.32 Å². The number of nitrogens with one attached hydrogen (secondary N) is 1. The lowest BCUT2D eigenvalue weighted by atomic mass is 10.0. The van der Waals surface area contributed by atoms with Crippen LogP contribution in [0.1, 0.15) is 40.2 Å². The molecular formula is C20H25N5O5. The topological polar surface area (TPSA) is 120 Å². The van der Waals surface area contributed by atoms with Gasteiger partial charge in [-0.2, -0.15) is 5.10 Å². The molecule has 10 heteroatoms. The predicted molar refractivity (Wildman–Crippen MR) is 108 cm³/mol. The van der Waals surface area contributed by atoms with Crippen molar-refractivity contribution in [1.82, 2.24) is 20.0 Å². The molecule has 2 amide bonds. The van der Waals surface area contributed by atoms with Crippen LogP contribution in [0.25, 0.3) is 0 Å². The molecule has 0 spiro atoms. The number of ether oxygens (including phenoxy) is 1. The zero-order chi connectivity index (χ0) is 21.8. The molecule has 10 nitrogen and oxygen atoms in total. The average Bonchev–Trinajstić information content (AvgIpc) is 3.01. The number of carbonyl (C=O) groups excluding carboxylic acids is 2. The number of rotatable bonds is 5. The van der Waals surface area contributed by atoms with Gasteiger partial charge in [0.1, 0.15) is 11.4 Å². The van der Waals surface area contributed by atoms with Crippen LogP contribution >= 0.6 is 0 Å². The second-order valence-electron chi connectivity index (χ2n) is 7.34. The maximum Gasteiger partial charge on any atom is 0.409 e. The smallest absolute Gasteiger partial charge is 0.409 e. The van der Waals surface area contributed by atoms with Crippen molar-refractivity contribution in [2.24, 2.45) is 0 Å². The van der Waals surface area contributed by atoms with E-state index in [2.05, 4.69) is 10.4 Å². The fourth-order valence-electron chi connectivity index (χ4n) is 3.64. The van der Waals surface area contributed by atoms with E-state index in [0.29, 0.717) is 49.4 Å². The summed E-state index contributed by atoms with van der Waals surface area (Å²) in [5.74, 6) is -0.167. The molecule has 0 bridgehead atoms. The summed E-state index contributed by atoms with van der Waals surface area (Å²) in [6, 6.07) is 7.10. The van der Waals surface area contributed by atoms with Crippen LogP contribution in [-0.2, 0) is 11.3 Å². The third-order valence-electron chi connectivity index (χ3n) is 5.34. The third kappa shape index (κ3) is 4.58. The lowest BCUT2D eigenvalue weighted by Crippen LogP contribution is -2.46. The Morgan fingerprint density at radius 3 is 2.40 bits per heavy atom. The van der Waals surface area contributed by atoms with Gasteiger partial charge < -0.3 is 15.0 Å². The molecule has 0 atom stereocenters. The number of nitro groups is 1. The van der Waals surface area contributed by atoms with Gasteiger partial charge in [0.25, 0.3) is 5.91 Å². The Morgan fingerprint density at radius 1 is 1.23 bits per heavy atom. The Labute approximate surface area is 174 Å². The highest BCUT2D eigenvalue weighted by atomic mass is 16.6. The minimum atomic E-state index is -0.419. The lowest BCUT2D eigenvalue weighted by Gasteiger charge is -2.31. The van der Waals surface area contributed by atoms with Gasteiger partial charge in [0.05, 0.1) is 18.6 Å². The van der Waals surface area contributed by atoms with Crippen molar-refractivity contribution >= 4 is 17.7 Å². The molecule has 1 aliphatic rings. The normalized spacial score (nSPS) is 14.4. The Balaban J connectivity index is 1.58. The predicted octanol–water partition coefficient (Wildman–Crippen LogP) is 2.42. The number of methoxy groups -OCH3 is 1. The fourth-order valence-corrected chi connectivity index (χ4v) is 3.64. The largest absolute Gasteiger partial charge is 0.453 e. The van der Waals surface area contributed by atoms with E-state index < -0.39 is 4.92 Å². The number of aromatic nitrogens is 2. The molecule has 3 rings (SSSR count). The summed E-state index contributed by atoms with van der Waals surface area (Å²) in [6.45, 7) is 4.77. The van der Waals surface area contributed by atoms with E-state index in [0.717, 1.165) is 5.56 Å². The zero-order valence-electron chi connectivity index (χ0n) is 17.3. The van der Waals surface area contributed by atoms with E-state index in [1.165, 1.54) is 7.11 Å². The second kappa shape index (κ2) is 8.93. The molecule has 30 heavy (non-hydrogen) atoms. The van der Waals surface area contributed by atoms with Gasteiger partial charge in [0.15, 0.2) is 0 Å². The molecule has 1 saturated heterocycles. The SMILES string of the molecule is COC(=O)N1CCC(NC(=O)c2ccc(Cn3nc(C)c([N+](=O)[O-])c3C)cc2)CC1. The van der Waals surface area contributed by atoms with Gasteiger partial charge >= 0.3 is 11.8 Å². The number of benzene rings is 1. The molecule has 2 aromatic rings. The number of hydrogen-bond acceptors (Lipinski definition) is 6. The quantitative estimate of drug-likeness (QED) is 0.592. The average molecular weight is 415 g/mol. The van der Waals surface area contributed by atoms with E-state index in [1.807, 2.05) is 12.1 Å². The number of amides is 2. The molecule has 1 aromatic carbocycles. The summed E-state index contributed by atoms with van der Waals surface area (Å²) >= 11 is 0. The Hall–Kier alpha value is -3.43. The first-order chi connectivity index (χ1) is 14.3. The van der Waals surface area contributed by atoms with E-state index in [9.17, 15) is 19.7 Å². The fraction of sp³-hybridized carbons (Fsp3) is 0.450. The van der Waals surface area contributed by atoms with Gasteiger partial charge in [-0.3, -0.25) is 19.6 Å². The van der Waals surface area contributed by atoms with E-state index in [-0.39, 0.29) is 23.7 Å². The van der Waals surface area contributed by atoms with Gasteiger partial charge in [-0.25, -0.2) is 4.79 Å². The number of piperidine rings is 1. The number of aryl methyl sites for hydroxylation is 1. The van der Waals surface area contributed by atoms with E-state index >= 15 is 0 Å². The first kappa shape index (κ1) is 21.3. The standard InChI is InChI=1S/C20H25N5O5/c1-13-18(25(28)29)14(2)24(22-13)12-15-4-6-16(7-5-15)19(26)21-17-8-10-23(11-9-17)20(27)30-3/h4-7,17H,8-12H2,1-3H3,(H,21,26). The molecule has 160 valence electrons. The van der Waals surface area contributed by atoms with Crippen molar-refractivity contribution in [2.45, 2.75) is 39.3 Å². The first-order valence-electron chi connectivity index (χ1n) is 9.71. The van der Waals surface area contributed by atoms with Crippen molar-refractivity contribution in [3.63, 3.8) is 0 Å². The Kier molecular flexibility index (Phi) is 6.34. The van der Waals surface area contributed by atoms with Gasteiger partial charge in [-0.1, -0.05) is 12.1 Å². The summed E-state index contributed by atoms with van der Waals surface area (Å²) in [5, 5.41) is 18.4. The highest BCUT2D eigenvalue weighted by molar-refractivity contribution is 5.94. The number of likely N-dealkylation sites (tertiary alicyclic amines) is 1. The second-order valence-corrected chi connectivity index (χ2v) is 7.34. The molecule has 0 aliphatic carbocycles. The maximum atomic E-state index is 12.5. The van der Waals surface area contributed by atoms with Gasteiger partial charge in [0, 0.05) is 24.7 Å². The van der Waals surface area contributed by atoms with Crippen LogP contribution in [0.2, 0.25) is 0 Å². The van der Waals surface area contributed by atoms with Crippen LogP contribution in [0.4, 0.5) is 10.5 Å². The van der Waals surface area contributed by atoms with Crippen molar-refractivity contribution in [1.29, 1.82) is 0 Å². The third-order valence-corrected chi connectivity index (χ3v) is 5.34. The molecule has 1 aliphatic heterocycles. The minimum Gasteiger partial charge on any atom is -0.453 e. The first-order valence-corrected chi connectivity index (χ1v) is 9.71. The molecule has 0 unspecified atom stereocenters. The van der Waals surface area contributed by atoms with E-state index in [4.69, 9.17) is 4.74 Å². The Morgan fingerprint density at radius 2 is 1.87 bits per heavy atom. The van der Waals surface area contributed by atoms with Crippen LogP contribution in [0.5, 0.6) is 0 Å². The molecule has 1 N–H and O–H groups in total. The van der Waals surface area contributed by atoms with Crippen molar-refractivity contribution < 1.29 is 19.2 Å². The van der Waals surface area contributed by atoms with Gasteiger partial charge in [0.2, 0.25) is 0 Å². The number of carbonyl (C=O) groups is 2. The van der Waals surface area contributed by atoms with Crippen molar-refractivity contribution in [3.05, 3.63) is 56.9 Å². The monoisotopic (exact) mass is 415 g/mol. The summed E-state index contributed by atoms with van der Waals surface area (Å²) < 4.78 is 6.31. The van der Waals surface area contributed by atoms with Crippen LogP contribution in [0.3, 0.4) is 0 Å². The van der Waals surface area contributed by atoms with Crippen LogP contribution in [0.15, 0.2) is 24.3 Å². The number of hydrogen-bond donors (Lipinski definition) is 1. The maximum absolute atomic E-state index is 12.5. The minimum absolute atomic E-state index is 0.00771. The highest BCUT2D eigenvalue weighted by Gasteiger charge is 2.25. The van der Waals surface area contributed by atoms with E-state index in [1.54, 1.807) is 35.6 Å². The van der Waals surface area contributed by atoms with Crippen LogP contribution in [0, 0.1) is 24.0 Å². The summed E-state index contributed by atoms with van der Waals surface area (Å²) in [7, 11) is 1.36.